The third kappa shape index (κ3) is 8.09. The molecule has 0 bridgehead atoms. The molecule has 0 saturated carbocycles. The molecule has 7 nitrogen and oxygen atoms in total. The van der Waals surface area contributed by atoms with Crippen LogP contribution in [-0.4, -0.2) is 46.2 Å². The van der Waals surface area contributed by atoms with Gasteiger partial charge in [0.1, 0.15) is 18.1 Å². The highest BCUT2D eigenvalue weighted by Gasteiger charge is 2.24. The minimum atomic E-state index is -0.285. The second-order valence-electron chi connectivity index (χ2n) is 10.7. The number of halogens is 1. The fraction of sp³-hybridized carbons (Fsp3) is 0.433. The lowest BCUT2D eigenvalue weighted by Gasteiger charge is -2.22. The van der Waals surface area contributed by atoms with Gasteiger partial charge in [-0.05, 0) is 56.2 Å². The zero-order valence-electron chi connectivity index (χ0n) is 23.3. The highest BCUT2D eigenvalue weighted by atomic mass is 35.5. The molecule has 3 aromatic rings. The van der Waals surface area contributed by atoms with Crippen molar-refractivity contribution in [1.82, 2.24) is 14.7 Å². The van der Waals surface area contributed by atoms with Crippen molar-refractivity contribution < 1.29 is 14.3 Å². The van der Waals surface area contributed by atoms with Gasteiger partial charge in [-0.25, -0.2) is 4.68 Å². The summed E-state index contributed by atoms with van der Waals surface area (Å²) in [5.74, 6) is 0.593. The Kier molecular flexibility index (Phi) is 9.97. The van der Waals surface area contributed by atoms with Crippen molar-refractivity contribution in [3.8, 4) is 11.4 Å². The highest BCUT2D eigenvalue weighted by molar-refractivity contribution is 6.30. The Hall–Kier alpha value is -3.32. The van der Waals surface area contributed by atoms with E-state index in [4.69, 9.17) is 21.4 Å². The topological polar surface area (TPSA) is 76.5 Å². The lowest BCUT2D eigenvalue weighted by molar-refractivity contribution is -0.136. The zero-order valence-corrected chi connectivity index (χ0v) is 24.1. The molecule has 2 amide bonds. The number of nitrogens with one attached hydrogen (secondary N) is 1. The van der Waals surface area contributed by atoms with E-state index in [1.54, 1.807) is 33.8 Å². The van der Waals surface area contributed by atoms with Crippen molar-refractivity contribution in [2.45, 2.75) is 66.2 Å². The largest absolute Gasteiger partial charge is 0.484 e. The number of aryl methyl sites for hydroxylation is 2. The van der Waals surface area contributed by atoms with E-state index in [1.807, 2.05) is 32.0 Å². The molecule has 204 valence electrons. The number of hydrogen-bond donors (Lipinski definition) is 1. The first kappa shape index (κ1) is 29.2. The molecule has 1 heterocycles. The molecule has 0 aliphatic rings. The summed E-state index contributed by atoms with van der Waals surface area (Å²) < 4.78 is 7.43. The molecule has 38 heavy (non-hydrogen) atoms. The number of anilines is 1. The predicted molar refractivity (Wildman–Crippen MR) is 153 cm³/mol. The molecule has 0 atom stereocenters. The van der Waals surface area contributed by atoms with E-state index in [-0.39, 0.29) is 30.4 Å². The van der Waals surface area contributed by atoms with Gasteiger partial charge in [0.15, 0.2) is 6.61 Å². The molecule has 1 N–H and O–H groups in total. The Morgan fingerprint density at radius 1 is 1.05 bits per heavy atom. The molecule has 0 aliphatic heterocycles. The number of unbranched alkanes of at least 4 members (excludes halogenated alkanes) is 2. The van der Waals surface area contributed by atoms with Gasteiger partial charge in [0.25, 0.3) is 5.91 Å². The Bertz CT molecular complexity index is 1250. The first-order valence-corrected chi connectivity index (χ1v) is 13.5. The number of amides is 2. The van der Waals surface area contributed by atoms with Crippen LogP contribution in [0, 0.1) is 13.8 Å². The molecule has 0 saturated heterocycles. The first-order chi connectivity index (χ1) is 18.0. The van der Waals surface area contributed by atoms with Crippen LogP contribution in [0.25, 0.3) is 5.69 Å². The van der Waals surface area contributed by atoms with Crippen molar-refractivity contribution >= 4 is 29.2 Å². The Balaban J connectivity index is 1.78. The number of nitrogens with zero attached hydrogens (tertiary/aromatic N) is 3. The number of hydrogen-bond acceptors (Lipinski definition) is 4. The van der Waals surface area contributed by atoms with E-state index in [0.29, 0.717) is 23.1 Å². The van der Waals surface area contributed by atoms with Crippen LogP contribution in [0.4, 0.5) is 5.82 Å². The first-order valence-electron chi connectivity index (χ1n) is 13.1. The summed E-state index contributed by atoms with van der Waals surface area (Å²) >= 11 is 5.93. The molecule has 3 rings (SSSR count). The van der Waals surface area contributed by atoms with Crippen LogP contribution < -0.4 is 10.1 Å². The molecule has 0 unspecified atom stereocenters. The van der Waals surface area contributed by atoms with Crippen LogP contribution in [0.3, 0.4) is 0 Å². The van der Waals surface area contributed by atoms with Gasteiger partial charge in [-0.15, -0.1) is 0 Å². The molecule has 0 spiro atoms. The predicted octanol–water partition coefficient (Wildman–Crippen LogP) is 6.48. The number of benzene rings is 2. The van der Waals surface area contributed by atoms with Crippen molar-refractivity contribution in [2.24, 2.45) is 0 Å². The smallest absolute Gasteiger partial charge is 0.260 e. The molecule has 0 fully saturated rings. The summed E-state index contributed by atoms with van der Waals surface area (Å²) in [6.45, 7) is 12.7. The summed E-state index contributed by atoms with van der Waals surface area (Å²) in [7, 11) is 0. The monoisotopic (exact) mass is 538 g/mol. The minimum absolute atomic E-state index is 0.0740. The third-order valence-electron chi connectivity index (χ3n) is 6.22. The van der Waals surface area contributed by atoms with Gasteiger partial charge < -0.3 is 15.0 Å². The zero-order chi connectivity index (χ0) is 27.9. The lowest BCUT2D eigenvalue weighted by Crippen LogP contribution is -2.41. The lowest BCUT2D eigenvalue weighted by atomic mass is 9.92. The van der Waals surface area contributed by atoms with E-state index >= 15 is 0 Å². The summed E-state index contributed by atoms with van der Waals surface area (Å²) in [6, 6.07) is 14.9. The van der Waals surface area contributed by atoms with E-state index in [9.17, 15) is 9.59 Å². The van der Waals surface area contributed by atoms with Crippen LogP contribution in [0.5, 0.6) is 5.75 Å². The maximum Gasteiger partial charge on any atom is 0.260 e. The molecular formula is C30H39ClN4O3. The number of aromatic nitrogens is 2. The second kappa shape index (κ2) is 13.0. The van der Waals surface area contributed by atoms with E-state index in [1.165, 1.54) is 0 Å². The summed E-state index contributed by atoms with van der Waals surface area (Å²) in [5, 5.41) is 8.44. The SMILES string of the molecule is CCCCCN(CC(=O)Nc1cc(C(C)(C)C)nn1-c1ccc(C)cc1C)C(=O)COc1ccc(Cl)cc1. The van der Waals surface area contributed by atoms with Gasteiger partial charge in [-0.2, -0.15) is 5.10 Å². The van der Waals surface area contributed by atoms with E-state index in [0.717, 1.165) is 41.8 Å². The fourth-order valence-electron chi connectivity index (χ4n) is 4.03. The molecule has 8 heteroatoms. The number of rotatable bonds is 11. The third-order valence-corrected chi connectivity index (χ3v) is 6.47. The second-order valence-corrected chi connectivity index (χ2v) is 11.1. The molecule has 0 aliphatic carbocycles. The molecule has 2 aromatic carbocycles. The molecule has 1 aromatic heterocycles. The van der Waals surface area contributed by atoms with Crippen molar-refractivity contribution in [1.29, 1.82) is 0 Å². The van der Waals surface area contributed by atoms with Crippen LogP contribution in [0.2, 0.25) is 5.02 Å². The van der Waals surface area contributed by atoms with Gasteiger partial charge in [0, 0.05) is 23.0 Å². The van der Waals surface area contributed by atoms with Crippen molar-refractivity contribution in [3.63, 3.8) is 0 Å². The quantitative estimate of drug-likeness (QED) is 0.284. The van der Waals surface area contributed by atoms with Gasteiger partial charge in [0.05, 0.1) is 11.4 Å². The van der Waals surface area contributed by atoms with Gasteiger partial charge in [-0.1, -0.05) is 69.8 Å². The van der Waals surface area contributed by atoms with Gasteiger partial charge in [0.2, 0.25) is 5.91 Å². The normalized spacial score (nSPS) is 11.3. The van der Waals surface area contributed by atoms with Gasteiger partial charge in [-0.3, -0.25) is 9.59 Å². The number of carbonyl (C=O) groups is 2. The summed E-state index contributed by atoms with van der Waals surface area (Å²) in [6.07, 6.45) is 2.79. The fourth-order valence-corrected chi connectivity index (χ4v) is 4.16. The maximum atomic E-state index is 13.3. The summed E-state index contributed by atoms with van der Waals surface area (Å²) in [4.78, 5) is 27.9. The average molecular weight is 539 g/mol. The Morgan fingerprint density at radius 2 is 1.76 bits per heavy atom. The number of ether oxygens (including phenoxy) is 1. The molecular weight excluding hydrogens is 500 g/mol. The maximum absolute atomic E-state index is 13.3. The number of carbonyl (C=O) groups excluding carboxylic acids is 2. The van der Waals surface area contributed by atoms with E-state index < -0.39 is 0 Å². The van der Waals surface area contributed by atoms with E-state index in [2.05, 4.69) is 39.1 Å². The Labute approximate surface area is 231 Å². The van der Waals surface area contributed by atoms with Crippen molar-refractivity contribution in [3.05, 3.63) is 70.4 Å². The average Bonchev–Trinajstić information content (AvgIpc) is 3.27. The minimum Gasteiger partial charge on any atom is -0.484 e. The van der Waals surface area contributed by atoms with Crippen LogP contribution >= 0.6 is 11.6 Å². The summed E-state index contributed by atoms with van der Waals surface area (Å²) in [5.41, 5.74) is 3.76. The van der Waals surface area contributed by atoms with Crippen LogP contribution in [0.1, 0.15) is 63.8 Å². The Morgan fingerprint density at radius 3 is 2.39 bits per heavy atom. The van der Waals surface area contributed by atoms with Crippen molar-refractivity contribution in [2.75, 3.05) is 25.0 Å². The van der Waals surface area contributed by atoms with Crippen LogP contribution in [-0.2, 0) is 15.0 Å². The van der Waals surface area contributed by atoms with Gasteiger partial charge >= 0.3 is 0 Å². The highest BCUT2D eigenvalue weighted by Crippen LogP contribution is 2.28. The van der Waals surface area contributed by atoms with Crippen LogP contribution in [0.15, 0.2) is 48.5 Å². The molecule has 0 radical (unpaired) electrons. The standard InChI is InChI=1S/C30H39ClN4O3/c1-7-8-9-16-34(29(37)20-38-24-13-11-23(31)12-14-24)19-28(36)32-27-18-26(30(4,5)6)33-35(27)25-15-10-21(2)17-22(25)3/h10-15,17-18H,7-9,16,19-20H2,1-6H3,(H,32,36).